The third kappa shape index (κ3) is 3.90. The zero-order chi connectivity index (χ0) is 12.2. The summed E-state index contributed by atoms with van der Waals surface area (Å²) in [4.78, 5) is 24.7. The van der Waals surface area contributed by atoms with Crippen LogP contribution in [0.2, 0.25) is 0 Å². The molecule has 1 N–H and O–H groups in total. The fraction of sp³-hybridized carbons (Fsp3) is 0.818. The largest absolute Gasteiger partial charge is 0.347 e. The van der Waals surface area contributed by atoms with Crippen molar-refractivity contribution in [3.8, 4) is 0 Å². The molecule has 15 heavy (non-hydrogen) atoms. The highest BCUT2D eigenvalue weighted by Crippen LogP contribution is 2.19. The average molecular weight is 214 g/mol. The highest BCUT2D eigenvalue weighted by Gasteiger charge is 2.28. The second-order valence-corrected chi connectivity index (χ2v) is 4.67. The Morgan fingerprint density at radius 3 is 2.13 bits per heavy atom. The van der Waals surface area contributed by atoms with Gasteiger partial charge in [0.1, 0.15) is 6.04 Å². The van der Waals surface area contributed by atoms with E-state index < -0.39 is 11.5 Å². The van der Waals surface area contributed by atoms with Gasteiger partial charge in [-0.15, -0.1) is 0 Å². The molecule has 88 valence electrons. The van der Waals surface area contributed by atoms with Crippen molar-refractivity contribution in [1.29, 1.82) is 0 Å². The van der Waals surface area contributed by atoms with Crippen molar-refractivity contribution in [2.75, 3.05) is 14.1 Å². The van der Waals surface area contributed by atoms with Crippen LogP contribution in [0.25, 0.3) is 0 Å². The lowest BCUT2D eigenvalue weighted by Crippen LogP contribution is -2.48. The molecule has 0 fully saturated rings. The highest BCUT2D eigenvalue weighted by molar-refractivity contribution is 5.89. The topological polar surface area (TPSA) is 49.4 Å². The minimum absolute atomic E-state index is 0.0762. The van der Waals surface area contributed by atoms with E-state index in [1.807, 2.05) is 20.8 Å². The first-order chi connectivity index (χ1) is 6.72. The lowest BCUT2D eigenvalue weighted by atomic mass is 9.89. The van der Waals surface area contributed by atoms with Gasteiger partial charge < -0.3 is 10.2 Å². The van der Waals surface area contributed by atoms with E-state index in [4.69, 9.17) is 0 Å². The molecule has 0 saturated heterocycles. The van der Waals surface area contributed by atoms with E-state index in [0.29, 0.717) is 0 Å². The Kier molecular flexibility index (Phi) is 4.78. The molecule has 1 atom stereocenters. The van der Waals surface area contributed by atoms with Crippen molar-refractivity contribution in [1.82, 2.24) is 10.2 Å². The minimum Gasteiger partial charge on any atom is -0.347 e. The molecule has 0 unspecified atom stereocenters. The fourth-order valence-corrected chi connectivity index (χ4v) is 1.00. The predicted octanol–water partition coefficient (Wildman–Crippen LogP) is 1.02. The molecule has 0 aromatic rings. The van der Waals surface area contributed by atoms with Gasteiger partial charge in [0.25, 0.3) is 0 Å². The highest BCUT2D eigenvalue weighted by atomic mass is 16.2. The minimum atomic E-state index is -0.460. The molecule has 0 radical (unpaired) electrons. The Labute approximate surface area is 92.0 Å². The predicted molar refractivity (Wildman–Crippen MR) is 60.4 cm³/mol. The molecule has 0 saturated carbocycles. The molecule has 0 aliphatic rings. The maximum Gasteiger partial charge on any atom is 0.244 e. The standard InChI is InChI=1S/C11H22N2O2/c1-7-11(3,4)10(15)12-8(2)9(14)13(5)6/h8H,7H2,1-6H3,(H,12,15)/t8-/m0/s1. The number of carbonyl (C=O) groups excluding carboxylic acids is 2. The summed E-state index contributed by atoms with van der Waals surface area (Å²) in [6, 6.07) is -0.460. The van der Waals surface area contributed by atoms with Gasteiger partial charge in [0, 0.05) is 19.5 Å². The molecule has 0 heterocycles. The van der Waals surface area contributed by atoms with E-state index in [-0.39, 0.29) is 11.8 Å². The maximum absolute atomic E-state index is 11.8. The maximum atomic E-state index is 11.8. The molecule has 2 amide bonds. The number of hydrogen-bond donors (Lipinski definition) is 1. The summed E-state index contributed by atoms with van der Waals surface area (Å²) in [5.74, 6) is -0.164. The van der Waals surface area contributed by atoms with Crippen LogP contribution in [-0.2, 0) is 9.59 Å². The molecule has 0 rings (SSSR count). The lowest BCUT2D eigenvalue weighted by molar-refractivity contribution is -0.137. The van der Waals surface area contributed by atoms with E-state index in [1.165, 1.54) is 4.90 Å². The number of nitrogens with zero attached hydrogens (tertiary/aromatic N) is 1. The van der Waals surface area contributed by atoms with Crippen molar-refractivity contribution >= 4 is 11.8 Å². The first-order valence-electron chi connectivity index (χ1n) is 5.24. The van der Waals surface area contributed by atoms with Crippen LogP contribution < -0.4 is 5.32 Å². The van der Waals surface area contributed by atoms with E-state index in [0.717, 1.165) is 6.42 Å². The Morgan fingerprint density at radius 1 is 1.33 bits per heavy atom. The van der Waals surface area contributed by atoms with Crippen molar-refractivity contribution in [2.24, 2.45) is 5.41 Å². The molecule has 0 aliphatic carbocycles. The van der Waals surface area contributed by atoms with Gasteiger partial charge in [-0.25, -0.2) is 0 Å². The van der Waals surface area contributed by atoms with Crippen LogP contribution in [-0.4, -0.2) is 36.9 Å². The summed E-state index contributed by atoms with van der Waals surface area (Å²) in [6.07, 6.45) is 0.752. The summed E-state index contributed by atoms with van der Waals surface area (Å²) in [5, 5.41) is 2.72. The van der Waals surface area contributed by atoms with Crippen molar-refractivity contribution in [3.05, 3.63) is 0 Å². The average Bonchev–Trinajstić information content (AvgIpc) is 2.16. The number of rotatable bonds is 4. The van der Waals surface area contributed by atoms with Gasteiger partial charge in [0.2, 0.25) is 11.8 Å². The molecule has 0 bridgehead atoms. The SMILES string of the molecule is CCC(C)(C)C(=O)N[C@@H](C)C(=O)N(C)C. The Morgan fingerprint density at radius 2 is 1.80 bits per heavy atom. The van der Waals surface area contributed by atoms with Crippen LogP contribution in [0.4, 0.5) is 0 Å². The number of carbonyl (C=O) groups is 2. The van der Waals surface area contributed by atoms with Gasteiger partial charge >= 0.3 is 0 Å². The van der Waals surface area contributed by atoms with Crippen LogP contribution in [0.5, 0.6) is 0 Å². The monoisotopic (exact) mass is 214 g/mol. The zero-order valence-electron chi connectivity index (χ0n) is 10.5. The van der Waals surface area contributed by atoms with Gasteiger partial charge in [0.15, 0.2) is 0 Å². The van der Waals surface area contributed by atoms with Gasteiger partial charge in [-0.1, -0.05) is 20.8 Å². The number of hydrogen-bond acceptors (Lipinski definition) is 2. The molecule has 4 heteroatoms. The molecule has 0 aromatic carbocycles. The van der Waals surface area contributed by atoms with E-state index in [1.54, 1.807) is 21.0 Å². The van der Waals surface area contributed by atoms with Gasteiger partial charge in [-0.3, -0.25) is 9.59 Å². The lowest BCUT2D eigenvalue weighted by Gasteiger charge is -2.25. The second kappa shape index (κ2) is 5.14. The summed E-state index contributed by atoms with van der Waals surface area (Å²) in [5.41, 5.74) is -0.416. The van der Waals surface area contributed by atoms with Crippen LogP contribution in [0.15, 0.2) is 0 Å². The third-order valence-corrected chi connectivity index (χ3v) is 2.66. The summed E-state index contributed by atoms with van der Waals surface area (Å²) in [7, 11) is 3.35. The first kappa shape index (κ1) is 13.9. The molecule has 4 nitrogen and oxygen atoms in total. The third-order valence-electron chi connectivity index (χ3n) is 2.66. The van der Waals surface area contributed by atoms with Crippen molar-refractivity contribution in [3.63, 3.8) is 0 Å². The van der Waals surface area contributed by atoms with Crippen molar-refractivity contribution in [2.45, 2.75) is 40.2 Å². The second-order valence-electron chi connectivity index (χ2n) is 4.67. The molecular weight excluding hydrogens is 192 g/mol. The van der Waals surface area contributed by atoms with Crippen LogP contribution in [0, 0.1) is 5.41 Å². The Balaban J connectivity index is 4.37. The fourth-order valence-electron chi connectivity index (χ4n) is 1.00. The van der Waals surface area contributed by atoms with E-state index in [2.05, 4.69) is 5.32 Å². The Bertz CT molecular complexity index is 247. The Hall–Kier alpha value is -1.06. The summed E-state index contributed by atoms with van der Waals surface area (Å²) in [6.45, 7) is 7.40. The van der Waals surface area contributed by atoms with Gasteiger partial charge in [0.05, 0.1) is 0 Å². The number of likely N-dealkylation sites (N-methyl/N-ethyl adjacent to an activating group) is 1. The normalized spacial score (nSPS) is 13.2. The zero-order valence-corrected chi connectivity index (χ0v) is 10.5. The first-order valence-corrected chi connectivity index (χ1v) is 5.24. The molecule has 0 aromatic heterocycles. The summed E-state index contributed by atoms with van der Waals surface area (Å²) >= 11 is 0. The van der Waals surface area contributed by atoms with Crippen molar-refractivity contribution < 1.29 is 9.59 Å². The molecule has 0 spiro atoms. The van der Waals surface area contributed by atoms with E-state index in [9.17, 15) is 9.59 Å². The van der Waals surface area contributed by atoms with Crippen LogP contribution in [0.3, 0.4) is 0 Å². The van der Waals surface area contributed by atoms with Crippen LogP contribution >= 0.6 is 0 Å². The quantitative estimate of drug-likeness (QED) is 0.759. The van der Waals surface area contributed by atoms with Gasteiger partial charge in [-0.05, 0) is 13.3 Å². The molecule has 0 aliphatic heterocycles. The molecular formula is C11H22N2O2. The smallest absolute Gasteiger partial charge is 0.244 e. The summed E-state index contributed by atoms with van der Waals surface area (Å²) < 4.78 is 0. The number of nitrogens with one attached hydrogen (secondary N) is 1. The van der Waals surface area contributed by atoms with E-state index >= 15 is 0 Å². The number of amides is 2. The van der Waals surface area contributed by atoms with Crippen LogP contribution in [0.1, 0.15) is 34.1 Å². The van der Waals surface area contributed by atoms with Gasteiger partial charge in [-0.2, -0.15) is 0 Å².